The molecule has 2 aromatic heterocycles. The summed E-state index contributed by atoms with van der Waals surface area (Å²) in [5, 5.41) is 8.18. The van der Waals surface area contributed by atoms with Gasteiger partial charge in [-0.1, -0.05) is 11.6 Å². The van der Waals surface area contributed by atoms with Gasteiger partial charge in [-0.05, 0) is 86.1 Å². The number of sulfonamides is 1. The first-order valence-electron chi connectivity index (χ1n) is 12.3. The summed E-state index contributed by atoms with van der Waals surface area (Å²) >= 11 is 6.36. The van der Waals surface area contributed by atoms with Gasteiger partial charge in [-0.25, -0.2) is 23.2 Å². The van der Waals surface area contributed by atoms with Gasteiger partial charge in [0.15, 0.2) is 5.03 Å². The number of pyridine rings is 1. The maximum Gasteiger partial charge on any atom is 0.417 e. The van der Waals surface area contributed by atoms with Crippen molar-refractivity contribution in [2.75, 3.05) is 11.1 Å². The lowest BCUT2D eigenvalue weighted by molar-refractivity contribution is -0.137. The van der Waals surface area contributed by atoms with Gasteiger partial charge in [-0.3, -0.25) is 0 Å². The lowest BCUT2D eigenvalue weighted by atomic mass is 9.53. The quantitative estimate of drug-likeness (QED) is 0.324. The van der Waals surface area contributed by atoms with Crippen LogP contribution in [0.2, 0.25) is 5.02 Å². The minimum absolute atomic E-state index is 0.0149. The zero-order valence-electron chi connectivity index (χ0n) is 20.0. The van der Waals surface area contributed by atoms with Gasteiger partial charge in [0.25, 0.3) is 10.0 Å². The Bertz CT molecular complexity index is 1470. The second-order valence-corrected chi connectivity index (χ2v) is 12.8. The summed E-state index contributed by atoms with van der Waals surface area (Å²) < 4.78 is 72.3. The van der Waals surface area contributed by atoms with Gasteiger partial charge in [0.2, 0.25) is 11.9 Å². The Morgan fingerprint density at radius 1 is 1.08 bits per heavy atom. The number of alkyl halides is 3. The molecule has 0 radical (unpaired) electrons. The van der Waals surface area contributed by atoms with Crippen LogP contribution in [0.3, 0.4) is 0 Å². The summed E-state index contributed by atoms with van der Waals surface area (Å²) in [6.07, 6.45) is 2.16. The van der Waals surface area contributed by atoms with Crippen molar-refractivity contribution in [1.29, 1.82) is 0 Å². The van der Waals surface area contributed by atoms with Crippen LogP contribution in [-0.4, -0.2) is 34.1 Å². The van der Waals surface area contributed by atoms with E-state index in [0.717, 1.165) is 50.7 Å². The molecule has 9 nitrogen and oxygen atoms in total. The molecule has 0 spiro atoms. The highest BCUT2D eigenvalue weighted by Crippen LogP contribution is 2.56. The number of halogens is 4. The molecule has 4 aliphatic carbocycles. The van der Waals surface area contributed by atoms with Crippen molar-refractivity contribution in [2.45, 2.75) is 55.3 Å². The molecule has 2 heterocycles. The van der Waals surface area contributed by atoms with Crippen molar-refractivity contribution in [2.24, 2.45) is 17.8 Å². The summed E-state index contributed by atoms with van der Waals surface area (Å²) in [5.74, 6) is 1.48. The van der Waals surface area contributed by atoms with Crippen molar-refractivity contribution in [3.8, 4) is 11.1 Å². The summed E-state index contributed by atoms with van der Waals surface area (Å²) in [7, 11) is -4.09. The van der Waals surface area contributed by atoms with Crippen LogP contribution in [0, 0.1) is 17.8 Å². The number of nitrogens with zero attached hydrogens (tertiary/aromatic N) is 3. The molecule has 0 atom stereocenters. The first kappa shape index (κ1) is 25.4. The molecule has 4 bridgehead atoms. The fraction of sp³-hybridized carbons (Fsp3) is 0.458. The third-order valence-corrected chi connectivity index (χ3v) is 9.62. The second-order valence-electron chi connectivity index (χ2n) is 10.7. The smallest absolute Gasteiger partial charge is 0.368 e. The van der Waals surface area contributed by atoms with E-state index in [1.54, 1.807) is 0 Å². The van der Waals surface area contributed by atoms with Gasteiger partial charge in [0, 0.05) is 23.0 Å². The number of nitrogen functional groups attached to an aromatic ring is 1. The van der Waals surface area contributed by atoms with Crippen LogP contribution >= 0.6 is 11.6 Å². The minimum atomic E-state index is -4.80. The minimum Gasteiger partial charge on any atom is -0.368 e. The predicted octanol–water partition coefficient (Wildman–Crippen LogP) is 5.11. The number of H-pyrrole nitrogens is 1. The Balaban J connectivity index is 1.34. The molecular weight excluding hydrogens is 543 g/mol. The third kappa shape index (κ3) is 4.71. The van der Waals surface area contributed by atoms with E-state index in [9.17, 15) is 21.6 Å². The average molecular weight is 568 g/mol. The van der Waals surface area contributed by atoms with E-state index in [2.05, 4.69) is 30.2 Å². The molecule has 3 aromatic rings. The van der Waals surface area contributed by atoms with Crippen LogP contribution in [0.25, 0.3) is 11.1 Å². The normalized spacial score (nSPS) is 26.6. The van der Waals surface area contributed by atoms with Crippen molar-refractivity contribution in [3.05, 3.63) is 41.0 Å². The highest BCUT2D eigenvalue weighted by atomic mass is 35.5. The number of nitrogens with two attached hydrogens (primary N) is 1. The van der Waals surface area contributed by atoms with Gasteiger partial charge >= 0.3 is 6.18 Å². The second kappa shape index (κ2) is 8.82. The molecule has 7 rings (SSSR count). The molecule has 0 unspecified atom stereocenters. The Labute approximate surface area is 221 Å². The molecule has 14 heteroatoms. The number of hydrogen-bond acceptors (Lipinski definition) is 7. The molecule has 1 aromatic carbocycles. The Kier molecular flexibility index (Phi) is 5.89. The lowest BCUT2D eigenvalue weighted by Gasteiger charge is -2.56. The predicted molar refractivity (Wildman–Crippen MR) is 135 cm³/mol. The number of aromatic amines is 1. The van der Waals surface area contributed by atoms with E-state index in [0.29, 0.717) is 17.8 Å². The maximum absolute atomic E-state index is 14.2. The summed E-state index contributed by atoms with van der Waals surface area (Å²) in [6, 6.07) is 4.59. The van der Waals surface area contributed by atoms with Gasteiger partial charge in [0.1, 0.15) is 0 Å². The van der Waals surface area contributed by atoms with Crippen LogP contribution in [-0.2, 0) is 16.2 Å². The molecule has 4 aliphatic rings. The summed E-state index contributed by atoms with van der Waals surface area (Å²) in [4.78, 5) is 7.83. The Morgan fingerprint density at radius 3 is 2.32 bits per heavy atom. The van der Waals surface area contributed by atoms with E-state index in [1.165, 1.54) is 18.3 Å². The van der Waals surface area contributed by atoms with Crippen molar-refractivity contribution in [1.82, 2.24) is 24.9 Å². The molecule has 202 valence electrons. The number of hydrogen-bond donors (Lipinski definition) is 4. The highest BCUT2D eigenvalue weighted by molar-refractivity contribution is 7.89. The van der Waals surface area contributed by atoms with Gasteiger partial charge in [0.05, 0.1) is 10.6 Å². The topological polar surface area (TPSA) is 139 Å². The zero-order chi connectivity index (χ0) is 26.9. The average Bonchev–Trinajstić information content (AvgIpc) is 3.21. The molecular formula is C24H25ClF3N7O2S. The van der Waals surface area contributed by atoms with Gasteiger partial charge in [-0.15, -0.1) is 5.10 Å². The number of aromatic nitrogens is 4. The monoisotopic (exact) mass is 567 g/mol. The third-order valence-electron chi connectivity index (χ3n) is 7.84. The van der Waals surface area contributed by atoms with Crippen LogP contribution in [0.4, 0.5) is 30.8 Å². The Morgan fingerprint density at radius 2 is 1.74 bits per heavy atom. The maximum atomic E-state index is 14.2. The standard InChI is InChI=1S/C24H25ClF3N7O2S/c25-18-8-16(31-22-32-21(29)33-34-22)7-17(24(26,27)28)20(18)15-1-2-30-19(6-15)38(36,37)35-23-9-12-3-13(10-23)5-14(4-12)11-23/h1-2,6-8,12-14,35H,3-5,9-11H2,(H4,29,31,32,33,34). The first-order chi connectivity index (χ1) is 17.9. The van der Waals surface area contributed by atoms with Crippen LogP contribution in [0.5, 0.6) is 0 Å². The van der Waals surface area contributed by atoms with Crippen molar-refractivity contribution < 1.29 is 21.6 Å². The van der Waals surface area contributed by atoms with E-state index in [-0.39, 0.29) is 38.8 Å². The van der Waals surface area contributed by atoms with Crippen LogP contribution in [0.15, 0.2) is 35.5 Å². The first-order valence-corrected chi connectivity index (χ1v) is 14.1. The zero-order valence-corrected chi connectivity index (χ0v) is 21.6. The number of nitrogens with one attached hydrogen (secondary N) is 3. The highest BCUT2D eigenvalue weighted by Gasteiger charge is 2.52. The molecule has 38 heavy (non-hydrogen) atoms. The Hall–Kier alpha value is -2.90. The van der Waals surface area contributed by atoms with Crippen LogP contribution in [0.1, 0.15) is 44.1 Å². The van der Waals surface area contributed by atoms with E-state index >= 15 is 0 Å². The molecule has 0 aliphatic heterocycles. The van der Waals surface area contributed by atoms with Crippen LogP contribution < -0.4 is 15.8 Å². The van der Waals surface area contributed by atoms with Crippen molar-refractivity contribution >= 4 is 39.2 Å². The fourth-order valence-electron chi connectivity index (χ4n) is 6.94. The van der Waals surface area contributed by atoms with Gasteiger partial charge in [-0.2, -0.15) is 18.2 Å². The van der Waals surface area contributed by atoms with E-state index in [1.807, 2.05) is 0 Å². The van der Waals surface area contributed by atoms with Crippen molar-refractivity contribution in [3.63, 3.8) is 0 Å². The fourth-order valence-corrected chi connectivity index (χ4v) is 8.67. The summed E-state index contributed by atoms with van der Waals surface area (Å²) in [6.45, 7) is 0. The SMILES string of the molecule is Nc1nc(Nc2cc(Cl)c(-c3ccnc(S(=O)(=O)NC45CC6CC(CC(C6)C4)C5)c3)c(C(F)(F)F)c2)n[nH]1. The molecule has 5 N–H and O–H groups in total. The number of benzene rings is 1. The largest absolute Gasteiger partial charge is 0.417 e. The molecule has 0 saturated heterocycles. The molecule has 4 saturated carbocycles. The number of rotatable bonds is 6. The number of anilines is 3. The summed E-state index contributed by atoms with van der Waals surface area (Å²) in [5.41, 5.74) is 3.51. The van der Waals surface area contributed by atoms with E-state index in [4.69, 9.17) is 17.3 Å². The van der Waals surface area contributed by atoms with Gasteiger partial charge < -0.3 is 11.1 Å². The van der Waals surface area contributed by atoms with E-state index < -0.39 is 27.3 Å². The lowest BCUT2D eigenvalue weighted by Crippen LogP contribution is -2.59. The molecule has 0 amide bonds. The molecule has 4 fully saturated rings.